The predicted octanol–water partition coefficient (Wildman–Crippen LogP) is 2.07. The standard InChI is InChI=1S/C11H14FNO2S/c1-9(2)7-8-13-16(14,15)11-5-3-10(12)4-6-11/h3-7,13H,8H2,1-2H3. The van der Waals surface area contributed by atoms with Crippen molar-refractivity contribution in [2.75, 3.05) is 6.54 Å². The van der Waals surface area contributed by atoms with Crippen LogP contribution in [-0.2, 0) is 10.0 Å². The summed E-state index contributed by atoms with van der Waals surface area (Å²) in [5.41, 5.74) is 1.03. The Balaban J connectivity index is 2.78. The molecule has 0 aliphatic carbocycles. The van der Waals surface area contributed by atoms with Crippen LogP contribution in [0, 0.1) is 5.82 Å². The van der Waals surface area contributed by atoms with E-state index in [1.807, 2.05) is 13.8 Å². The molecule has 0 amide bonds. The summed E-state index contributed by atoms with van der Waals surface area (Å²) in [5, 5.41) is 0. The molecule has 0 atom stereocenters. The summed E-state index contributed by atoms with van der Waals surface area (Å²) >= 11 is 0. The summed E-state index contributed by atoms with van der Waals surface area (Å²) in [4.78, 5) is 0.0658. The minimum atomic E-state index is -3.53. The third kappa shape index (κ3) is 3.75. The molecule has 1 rings (SSSR count). The topological polar surface area (TPSA) is 46.2 Å². The first kappa shape index (κ1) is 12.9. The fourth-order valence-corrected chi connectivity index (χ4v) is 2.02. The zero-order valence-corrected chi connectivity index (χ0v) is 10.0. The summed E-state index contributed by atoms with van der Waals surface area (Å²) in [6.45, 7) is 4.00. The molecule has 0 unspecified atom stereocenters. The monoisotopic (exact) mass is 243 g/mol. The molecule has 5 heteroatoms. The van der Waals surface area contributed by atoms with Crippen molar-refractivity contribution in [2.45, 2.75) is 18.7 Å². The van der Waals surface area contributed by atoms with Gasteiger partial charge in [0.25, 0.3) is 0 Å². The molecule has 3 nitrogen and oxygen atoms in total. The van der Waals surface area contributed by atoms with Crippen LogP contribution in [0.5, 0.6) is 0 Å². The number of hydrogen-bond acceptors (Lipinski definition) is 2. The van der Waals surface area contributed by atoms with Crippen LogP contribution in [0.3, 0.4) is 0 Å². The van der Waals surface area contributed by atoms with Gasteiger partial charge in [0.05, 0.1) is 4.90 Å². The minimum Gasteiger partial charge on any atom is -0.207 e. The largest absolute Gasteiger partial charge is 0.240 e. The average Bonchev–Trinajstić information content (AvgIpc) is 2.17. The summed E-state index contributed by atoms with van der Waals surface area (Å²) in [5.74, 6) is -0.455. The Hall–Kier alpha value is -1.20. The highest BCUT2D eigenvalue weighted by Gasteiger charge is 2.11. The summed E-state index contributed by atoms with van der Waals surface area (Å²) in [6, 6.07) is 4.71. The molecule has 0 aliphatic rings. The lowest BCUT2D eigenvalue weighted by molar-refractivity contribution is 0.584. The third-order valence-electron chi connectivity index (χ3n) is 1.91. The molecular weight excluding hydrogens is 229 g/mol. The lowest BCUT2D eigenvalue weighted by Crippen LogP contribution is -2.23. The van der Waals surface area contributed by atoms with E-state index >= 15 is 0 Å². The van der Waals surface area contributed by atoms with Crippen LogP contribution >= 0.6 is 0 Å². The van der Waals surface area contributed by atoms with Gasteiger partial charge in [-0.2, -0.15) is 0 Å². The smallest absolute Gasteiger partial charge is 0.207 e. The van der Waals surface area contributed by atoms with E-state index in [4.69, 9.17) is 0 Å². The fourth-order valence-electron chi connectivity index (χ4n) is 1.05. The van der Waals surface area contributed by atoms with Crippen molar-refractivity contribution in [2.24, 2.45) is 0 Å². The van der Waals surface area contributed by atoms with E-state index in [1.54, 1.807) is 6.08 Å². The molecule has 0 aromatic heterocycles. The Morgan fingerprint density at radius 1 is 1.31 bits per heavy atom. The maximum absolute atomic E-state index is 12.6. The van der Waals surface area contributed by atoms with E-state index < -0.39 is 15.8 Å². The van der Waals surface area contributed by atoms with Crippen LogP contribution < -0.4 is 4.72 Å². The summed E-state index contributed by atoms with van der Waals surface area (Å²) in [6.07, 6.45) is 1.76. The number of allylic oxidation sites excluding steroid dienone is 1. The molecule has 1 aromatic rings. The molecule has 1 aromatic carbocycles. The van der Waals surface area contributed by atoms with Crippen molar-refractivity contribution in [3.63, 3.8) is 0 Å². The van der Waals surface area contributed by atoms with Crippen molar-refractivity contribution in [1.29, 1.82) is 0 Å². The molecule has 1 N–H and O–H groups in total. The molecule has 0 heterocycles. The Kier molecular flexibility index (Phi) is 4.20. The van der Waals surface area contributed by atoms with Gasteiger partial charge < -0.3 is 0 Å². The second-order valence-electron chi connectivity index (χ2n) is 3.59. The van der Waals surface area contributed by atoms with Gasteiger partial charge in [-0.3, -0.25) is 0 Å². The van der Waals surface area contributed by atoms with Crippen LogP contribution in [0.25, 0.3) is 0 Å². The number of halogens is 1. The van der Waals surface area contributed by atoms with Crippen LogP contribution in [0.2, 0.25) is 0 Å². The Morgan fingerprint density at radius 2 is 1.88 bits per heavy atom. The second-order valence-corrected chi connectivity index (χ2v) is 5.35. The highest BCUT2D eigenvalue weighted by Crippen LogP contribution is 2.09. The molecule has 0 spiro atoms. The molecule has 88 valence electrons. The van der Waals surface area contributed by atoms with Crippen molar-refractivity contribution in [3.05, 3.63) is 41.7 Å². The molecule has 0 bridgehead atoms. The first-order valence-corrected chi connectivity index (χ1v) is 6.29. The molecule has 0 saturated carbocycles. The van der Waals surface area contributed by atoms with Crippen molar-refractivity contribution in [1.82, 2.24) is 4.72 Å². The first-order chi connectivity index (χ1) is 7.42. The zero-order chi connectivity index (χ0) is 12.2. The second kappa shape index (κ2) is 5.23. The van der Waals surface area contributed by atoms with E-state index in [0.29, 0.717) is 0 Å². The van der Waals surface area contributed by atoms with Gasteiger partial charge in [0.2, 0.25) is 10.0 Å². The van der Waals surface area contributed by atoms with Crippen LogP contribution in [0.15, 0.2) is 40.8 Å². The quantitative estimate of drug-likeness (QED) is 0.823. The van der Waals surface area contributed by atoms with Crippen LogP contribution in [0.1, 0.15) is 13.8 Å². The van der Waals surface area contributed by atoms with Gasteiger partial charge >= 0.3 is 0 Å². The maximum Gasteiger partial charge on any atom is 0.240 e. The maximum atomic E-state index is 12.6. The van der Waals surface area contributed by atoms with E-state index in [0.717, 1.165) is 17.7 Å². The fraction of sp³-hybridized carbons (Fsp3) is 0.273. The summed E-state index contributed by atoms with van der Waals surface area (Å²) in [7, 11) is -3.53. The van der Waals surface area contributed by atoms with Gasteiger partial charge in [-0.25, -0.2) is 17.5 Å². The summed E-state index contributed by atoms with van der Waals surface area (Å²) < 4.78 is 38.3. The van der Waals surface area contributed by atoms with Crippen molar-refractivity contribution >= 4 is 10.0 Å². The van der Waals surface area contributed by atoms with Crippen LogP contribution in [-0.4, -0.2) is 15.0 Å². The molecular formula is C11H14FNO2S. The van der Waals surface area contributed by atoms with Gasteiger partial charge in [0.1, 0.15) is 5.82 Å². The minimum absolute atomic E-state index is 0.0658. The van der Waals surface area contributed by atoms with Gasteiger partial charge in [-0.05, 0) is 38.1 Å². The average molecular weight is 243 g/mol. The molecule has 0 radical (unpaired) electrons. The number of hydrogen-bond donors (Lipinski definition) is 1. The van der Waals surface area contributed by atoms with E-state index in [1.165, 1.54) is 12.1 Å². The van der Waals surface area contributed by atoms with Gasteiger partial charge in [0.15, 0.2) is 0 Å². The number of sulfonamides is 1. The Bertz CT molecular complexity index is 473. The molecule has 0 fully saturated rings. The highest BCUT2D eigenvalue weighted by atomic mass is 32.2. The van der Waals surface area contributed by atoms with E-state index in [9.17, 15) is 12.8 Å². The van der Waals surface area contributed by atoms with Gasteiger partial charge in [-0.1, -0.05) is 11.6 Å². The van der Waals surface area contributed by atoms with Crippen LogP contribution in [0.4, 0.5) is 4.39 Å². The SMILES string of the molecule is CC(C)=CCNS(=O)(=O)c1ccc(F)cc1. The first-order valence-electron chi connectivity index (χ1n) is 4.80. The molecule has 0 saturated heterocycles. The third-order valence-corrected chi connectivity index (χ3v) is 3.35. The van der Waals surface area contributed by atoms with Crippen molar-refractivity contribution < 1.29 is 12.8 Å². The Labute approximate surface area is 95.0 Å². The lowest BCUT2D eigenvalue weighted by atomic mass is 10.3. The van der Waals surface area contributed by atoms with Gasteiger partial charge in [0, 0.05) is 6.54 Å². The normalized spacial score (nSPS) is 11.2. The van der Waals surface area contributed by atoms with Gasteiger partial charge in [-0.15, -0.1) is 0 Å². The molecule has 16 heavy (non-hydrogen) atoms. The number of benzene rings is 1. The molecule has 0 aliphatic heterocycles. The van der Waals surface area contributed by atoms with Crippen molar-refractivity contribution in [3.8, 4) is 0 Å². The lowest BCUT2D eigenvalue weighted by Gasteiger charge is -2.04. The predicted molar refractivity (Wildman–Crippen MR) is 61.0 cm³/mol. The Morgan fingerprint density at radius 3 is 2.38 bits per heavy atom. The number of rotatable bonds is 4. The van der Waals surface area contributed by atoms with E-state index in [-0.39, 0.29) is 11.4 Å². The zero-order valence-electron chi connectivity index (χ0n) is 9.20. The highest BCUT2D eigenvalue weighted by molar-refractivity contribution is 7.89. The van der Waals surface area contributed by atoms with E-state index in [2.05, 4.69) is 4.72 Å². The number of nitrogens with one attached hydrogen (secondary N) is 1.